The molecule has 4 aromatic rings. The SMILES string of the molecule is Nc1nc2ccc(NCc3cccnc3)cc2cc1[C@@H]1CCc2ccccc21. The van der Waals surface area contributed by atoms with Crippen LogP contribution in [0.15, 0.2) is 73.1 Å². The molecule has 4 nitrogen and oxygen atoms in total. The number of benzene rings is 2. The number of hydrogen-bond donors (Lipinski definition) is 2. The van der Waals surface area contributed by atoms with Crippen molar-refractivity contribution in [2.24, 2.45) is 0 Å². The molecule has 0 spiro atoms. The minimum absolute atomic E-state index is 0.333. The number of nitrogens with one attached hydrogen (secondary N) is 1. The van der Waals surface area contributed by atoms with Gasteiger partial charge in [-0.2, -0.15) is 0 Å². The molecule has 2 heterocycles. The lowest BCUT2D eigenvalue weighted by atomic mass is 9.92. The van der Waals surface area contributed by atoms with E-state index >= 15 is 0 Å². The second kappa shape index (κ2) is 6.97. The van der Waals surface area contributed by atoms with E-state index in [0.29, 0.717) is 11.7 Å². The van der Waals surface area contributed by atoms with Gasteiger partial charge in [-0.05, 0) is 59.9 Å². The summed E-state index contributed by atoms with van der Waals surface area (Å²) in [6.07, 6.45) is 5.87. The van der Waals surface area contributed by atoms with E-state index in [2.05, 4.69) is 58.8 Å². The molecule has 0 aliphatic heterocycles. The van der Waals surface area contributed by atoms with E-state index in [-0.39, 0.29) is 0 Å². The van der Waals surface area contributed by atoms with E-state index < -0.39 is 0 Å². The number of nitrogens with zero attached hydrogens (tertiary/aromatic N) is 2. The van der Waals surface area contributed by atoms with Crippen molar-refractivity contribution in [2.75, 3.05) is 11.1 Å². The minimum Gasteiger partial charge on any atom is -0.383 e. The summed E-state index contributed by atoms with van der Waals surface area (Å²) in [6, 6.07) is 21.2. The number of aryl methyl sites for hydroxylation is 1. The van der Waals surface area contributed by atoms with Crippen LogP contribution in [0.2, 0.25) is 0 Å². The number of rotatable bonds is 4. The van der Waals surface area contributed by atoms with Gasteiger partial charge in [0.05, 0.1) is 5.52 Å². The van der Waals surface area contributed by atoms with Crippen molar-refractivity contribution >= 4 is 22.4 Å². The summed E-state index contributed by atoms with van der Waals surface area (Å²) >= 11 is 0. The summed E-state index contributed by atoms with van der Waals surface area (Å²) in [7, 11) is 0. The monoisotopic (exact) mass is 366 g/mol. The third kappa shape index (κ3) is 3.07. The van der Waals surface area contributed by atoms with Gasteiger partial charge >= 0.3 is 0 Å². The van der Waals surface area contributed by atoms with Gasteiger partial charge in [0.1, 0.15) is 5.82 Å². The second-order valence-corrected chi connectivity index (χ2v) is 7.38. The van der Waals surface area contributed by atoms with Crippen LogP contribution in [-0.2, 0) is 13.0 Å². The molecule has 5 rings (SSSR count). The normalized spacial score (nSPS) is 15.5. The summed E-state index contributed by atoms with van der Waals surface area (Å²) < 4.78 is 0. The number of nitrogen functional groups attached to an aromatic ring is 1. The first kappa shape index (κ1) is 16.8. The number of fused-ring (bicyclic) bond motifs is 2. The number of aromatic nitrogens is 2. The van der Waals surface area contributed by atoms with Crippen LogP contribution >= 0.6 is 0 Å². The molecule has 1 aliphatic carbocycles. The molecule has 0 fully saturated rings. The number of nitrogens with two attached hydrogens (primary N) is 1. The zero-order valence-corrected chi connectivity index (χ0v) is 15.6. The lowest BCUT2D eigenvalue weighted by Gasteiger charge is -2.16. The molecule has 0 saturated heterocycles. The van der Waals surface area contributed by atoms with Gasteiger partial charge in [-0.1, -0.05) is 30.3 Å². The highest BCUT2D eigenvalue weighted by molar-refractivity contribution is 5.85. The quantitative estimate of drug-likeness (QED) is 0.539. The van der Waals surface area contributed by atoms with Gasteiger partial charge in [0.2, 0.25) is 0 Å². The Morgan fingerprint density at radius 3 is 2.82 bits per heavy atom. The van der Waals surface area contributed by atoms with Gasteiger partial charge in [0, 0.05) is 41.5 Å². The fraction of sp³-hybridized carbons (Fsp3) is 0.167. The summed E-state index contributed by atoms with van der Waals surface area (Å²) in [4.78, 5) is 8.86. The highest BCUT2D eigenvalue weighted by Gasteiger charge is 2.25. The van der Waals surface area contributed by atoms with Crippen molar-refractivity contribution in [2.45, 2.75) is 25.3 Å². The first-order chi connectivity index (χ1) is 13.8. The van der Waals surface area contributed by atoms with Crippen molar-refractivity contribution in [3.63, 3.8) is 0 Å². The molecule has 2 aromatic heterocycles. The Morgan fingerprint density at radius 2 is 1.93 bits per heavy atom. The first-order valence-corrected chi connectivity index (χ1v) is 9.69. The van der Waals surface area contributed by atoms with Crippen LogP contribution in [0, 0.1) is 0 Å². The molecule has 4 heteroatoms. The molecular formula is C24H22N4. The Kier molecular flexibility index (Phi) is 4.17. The zero-order chi connectivity index (χ0) is 18.9. The zero-order valence-electron chi connectivity index (χ0n) is 15.6. The highest BCUT2D eigenvalue weighted by atomic mass is 14.9. The summed E-state index contributed by atoms with van der Waals surface area (Å²) in [5.41, 5.74) is 13.5. The second-order valence-electron chi connectivity index (χ2n) is 7.38. The molecule has 1 aliphatic rings. The Bertz CT molecular complexity index is 1140. The van der Waals surface area contributed by atoms with Crippen molar-refractivity contribution in [3.05, 3.63) is 95.3 Å². The maximum atomic E-state index is 6.36. The predicted octanol–water partition coefficient (Wildman–Crippen LogP) is 4.90. The van der Waals surface area contributed by atoms with Crippen LogP contribution in [0.25, 0.3) is 10.9 Å². The van der Waals surface area contributed by atoms with Crippen LogP contribution < -0.4 is 11.1 Å². The van der Waals surface area contributed by atoms with Crippen LogP contribution in [0.5, 0.6) is 0 Å². The molecule has 0 bridgehead atoms. The average molecular weight is 366 g/mol. The van der Waals surface area contributed by atoms with Gasteiger partial charge < -0.3 is 11.1 Å². The molecule has 1 atom stereocenters. The Morgan fingerprint density at radius 1 is 1.00 bits per heavy atom. The number of hydrogen-bond acceptors (Lipinski definition) is 4. The largest absolute Gasteiger partial charge is 0.383 e. The lowest BCUT2D eigenvalue weighted by Crippen LogP contribution is -2.04. The molecule has 0 radical (unpaired) electrons. The summed E-state index contributed by atoms with van der Waals surface area (Å²) in [5.74, 6) is 0.977. The summed E-state index contributed by atoms with van der Waals surface area (Å²) in [5, 5.41) is 4.59. The van der Waals surface area contributed by atoms with E-state index in [9.17, 15) is 0 Å². The Balaban J connectivity index is 1.47. The minimum atomic E-state index is 0.333. The molecule has 2 aromatic carbocycles. The third-order valence-corrected chi connectivity index (χ3v) is 5.60. The Labute approximate surface area is 164 Å². The van der Waals surface area contributed by atoms with E-state index in [1.807, 2.05) is 18.3 Å². The van der Waals surface area contributed by atoms with E-state index in [0.717, 1.165) is 47.1 Å². The van der Waals surface area contributed by atoms with Gasteiger partial charge in [-0.3, -0.25) is 4.98 Å². The van der Waals surface area contributed by atoms with E-state index in [1.165, 1.54) is 11.1 Å². The smallest absolute Gasteiger partial charge is 0.127 e. The van der Waals surface area contributed by atoms with Crippen LogP contribution in [0.1, 0.15) is 34.6 Å². The lowest BCUT2D eigenvalue weighted by molar-refractivity contribution is 0.788. The van der Waals surface area contributed by atoms with Gasteiger partial charge in [0.15, 0.2) is 0 Å². The molecule has 138 valence electrons. The third-order valence-electron chi connectivity index (χ3n) is 5.60. The fourth-order valence-electron chi connectivity index (χ4n) is 4.18. The van der Waals surface area contributed by atoms with Gasteiger partial charge in [-0.25, -0.2) is 4.98 Å². The molecule has 28 heavy (non-hydrogen) atoms. The van der Waals surface area contributed by atoms with Gasteiger partial charge in [-0.15, -0.1) is 0 Å². The molecule has 0 saturated carbocycles. The number of pyridine rings is 2. The fourth-order valence-corrected chi connectivity index (χ4v) is 4.18. The number of anilines is 2. The average Bonchev–Trinajstić information content (AvgIpc) is 3.16. The van der Waals surface area contributed by atoms with E-state index in [1.54, 1.807) is 6.20 Å². The predicted molar refractivity (Wildman–Crippen MR) is 114 cm³/mol. The summed E-state index contributed by atoms with van der Waals surface area (Å²) in [6.45, 7) is 0.741. The van der Waals surface area contributed by atoms with Crippen molar-refractivity contribution in [1.82, 2.24) is 9.97 Å². The van der Waals surface area contributed by atoms with E-state index in [4.69, 9.17) is 10.7 Å². The molecule has 0 unspecified atom stereocenters. The highest BCUT2D eigenvalue weighted by Crippen LogP contribution is 2.40. The molecular weight excluding hydrogens is 344 g/mol. The maximum Gasteiger partial charge on any atom is 0.127 e. The van der Waals surface area contributed by atoms with Crippen molar-refractivity contribution in [1.29, 1.82) is 0 Å². The standard InChI is InChI=1S/C24H22N4/c25-24-22(21-9-7-17-5-1-2-6-20(17)21)13-18-12-19(8-10-23(18)28-24)27-15-16-4-3-11-26-14-16/h1-6,8,10-14,21,27H,7,9,15H2,(H2,25,28)/t21-/m1/s1. The Hall–Kier alpha value is -3.40. The van der Waals surface area contributed by atoms with Crippen LogP contribution in [-0.4, -0.2) is 9.97 Å². The van der Waals surface area contributed by atoms with Gasteiger partial charge in [0.25, 0.3) is 0 Å². The maximum absolute atomic E-state index is 6.36. The molecule has 3 N–H and O–H groups in total. The van der Waals surface area contributed by atoms with Crippen molar-refractivity contribution < 1.29 is 0 Å². The molecule has 0 amide bonds. The van der Waals surface area contributed by atoms with Crippen LogP contribution in [0.3, 0.4) is 0 Å². The van der Waals surface area contributed by atoms with Crippen LogP contribution in [0.4, 0.5) is 11.5 Å². The topological polar surface area (TPSA) is 63.8 Å². The van der Waals surface area contributed by atoms with Crippen molar-refractivity contribution in [3.8, 4) is 0 Å². The first-order valence-electron chi connectivity index (χ1n) is 9.69.